The summed E-state index contributed by atoms with van der Waals surface area (Å²) in [6.07, 6.45) is 5.35. The Kier molecular flexibility index (Phi) is 6.23. The lowest BCUT2D eigenvalue weighted by Crippen LogP contribution is -2.39. The number of benzene rings is 1. The molecule has 0 saturated heterocycles. The summed E-state index contributed by atoms with van der Waals surface area (Å²) in [5, 5.41) is 12.7. The first-order chi connectivity index (χ1) is 13.1. The molecule has 0 aliphatic heterocycles. The Hall–Kier alpha value is -2.68. The number of ether oxygens (including phenoxy) is 1. The van der Waals surface area contributed by atoms with Crippen LogP contribution in [0.25, 0.3) is 11.0 Å². The van der Waals surface area contributed by atoms with Crippen molar-refractivity contribution in [1.29, 1.82) is 5.26 Å². The fourth-order valence-corrected chi connectivity index (χ4v) is 3.31. The van der Waals surface area contributed by atoms with Gasteiger partial charge in [-0.25, -0.2) is 9.97 Å². The number of carbonyl (C=O) groups excluding carboxylic acids is 1. The number of nitrogens with one attached hydrogen (secondary N) is 1. The topological polar surface area (TPSA) is 87.9 Å². The zero-order valence-corrected chi connectivity index (χ0v) is 15.9. The molecule has 6 nitrogen and oxygen atoms in total. The molecule has 0 bridgehead atoms. The SMILES string of the molecule is CC(C)COc1nc2ccccc2nc1[C@@H](C#N)C(=O)NC1CCCCC1. The molecule has 1 atom stereocenters. The minimum absolute atomic E-state index is 0.135. The van der Waals surface area contributed by atoms with Crippen molar-refractivity contribution in [3.05, 3.63) is 30.0 Å². The number of hydrogen-bond acceptors (Lipinski definition) is 5. The van der Waals surface area contributed by atoms with Gasteiger partial charge >= 0.3 is 0 Å². The van der Waals surface area contributed by atoms with Crippen LogP contribution >= 0.6 is 0 Å². The Morgan fingerprint density at radius 1 is 1.22 bits per heavy atom. The van der Waals surface area contributed by atoms with Gasteiger partial charge in [0.1, 0.15) is 5.69 Å². The molecule has 0 spiro atoms. The van der Waals surface area contributed by atoms with Crippen LogP contribution in [-0.4, -0.2) is 28.5 Å². The van der Waals surface area contributed by atoms with Gasteiger partial charge in [-0.15, -0.1) is 0 Å². The second kappa shape index (κ2) is 8.81. The zero-order chi connectivity index (χ0) is 19.2. The van der Waals surface area contributed by atoms with Gasteiger partial charge in [0.2, 0.25) is 11.8 Å². The lowest BCUT2D eigenvalue weighted by atomic mass is 9.94. The number of rotatable bonds is 6. The standard InChI is InChI=1S/C21H26N4O2/c1-14(2)13-27-21-19(24-17-10-6-7-11-18(17)25-21)16(12-22)20(26)23-15-8-4-3-5-9-15/h6-7,10-11,14-16H,3-5,8-9,13H2,1-2H3,(H,23,26)/t16-/m1/s1. The number of nitriles is 1. The van der Waals surface area contributed by atoms with E-state index in [0.29, 0.717) is 29.3 Å². The molecule has 2 aromatic rings. The summed E-state index contributed by atoms with van der Waals surface area (Å²) in [7, 11) is 0. The Labute approximate surface area is 160 Å². The molecule has 0 radical (unpaired) electrons. The summed E-state index contributed by atoms with van der Waals surface area (Å²) < 4.78 is 5.82. The van der Waals surface area contributed by atoms with Crippen LogP contribution in [0.2, 0.25) is 0 Å². The van der Waals surface area contributed by atoms with Crippen molar-refractivity contribution in [2.24, 2.45) is 5.92 Å². The molecule has 0 unspecified atom stereocenters. The molecule has 1 amide bonds. The number of hydrogen-bond donors (Lipinski definition) is 1. The Balaban J connectivity index is 1.91. The van der Waals surface area contributed by atoms with E-state index in [2.05, 4.69) is 21.4 Å². The predicted molar refractivity (Wildman–Crippen MR) is 103 cm³/mol. The summed E-state index contributed by atoms with van der Waals surface area (Å²) in [5.41, 5.74) is 1.63. The van der Waals surface area contributed by atoms with Crippen molar-refractivity contribution < 1.29 is 9.53 Å². The first-order valence-corrected chi connectivity index (χ1v) is 9.68. The van der Waals surface area contributed by atoms with Gasteiger partial charge in [-0.1, -0.05) is 45.2 Å². The summed E-state index contributed by atoms with van der Waals surface area (Å²) in [4.78, 5) is 21.9. The van der Waals surface area contributed by atoms with Gasteiger partial charge in [0.15, 0.2) is 5.92 Å². The second-order valence-corrected chi connectivity index (χ2v) is 7.51. The lowest BCUT2D eigenvalue weighted by molar-refractivity contribution is -0.122. The highest BCUT2D eigenvalue weighted by atomic mass is 16.5. The molecular weight excluding hydrogens is 340 g/mol. The number of amides is 1. The quantitative estimate of drug-likeness (QED) is 0.842. The zero-order valence-electron chi connectivity index (χ0n) is 15.9. The Bertz CT molecular complexity index is 838. The van der Waals surface area contributed by atoms with Crippen molar-refractivity contribution in [2.75, 3.05) is 6.61 Å². The summed E-state index contributed by atoms with van der Waals surface area (Å²) in [6.45, 7) is 4.51. The van der Waals surface area contributed by atoms with Crippen molar-refractivity contribution in [3.63, 3.8) is 0 Å². The summed E-state index contributed by atoms with van der Waals surface area (Å²) in [6, 6.07) is 9.65. The van der Waals surface area contributed by atoms with Crippen LogP contribution in [0.15, 0.2) is 24.3 Å². The van der Waals surface area contributed by atoms with Crippen molar-refractivity contribution in [3.8, 4) is 11.9 Å². The predicted octanol–water partition coefficient (Wildman–Crippen LogP) is 3.72. The monoisotopic (exact) mass is 366 g/mol. The molecule has 142 valence electrons. The lowest BCUT2D eigenvalue weighted by Gasteiger charge is -2.24. The third kappa shape index (κ3) is 4.73. The fraction of sp³-hybridized carbons (Fsp3) is 0.524. The number of para-hydroxylation sites is 2. The van der Waals surface area contributed by atoms with Gasteiger partial charge in [0, 0.05) is 6.04 Å². The first kappa shape index (κ1) is 19.1. The van der Waals surface area contributed by atoms with Crippen LogP contribution in [0, 0.1) is 17.2 Å². The minimum Gasteiger partial charge on any atom is -0.476 e. The van der Waals surface area contributed by atoms with Crippen LogP contribution in [-0.2, 0) is 4.79 Å². The van der Waals surface area contributed by atoms with E-state index in [-0.39, 0.29) is 17.8 Å². The van der Waals surface area contributed by atoms with Crippen LogP contribution in [0.4, 0.5) is 0 Å². The molecule has 1 aromatic carbocycles. The third-order valence-corrected chi connectivity index (χ3v) is 4.73. The number of fused-ring (bicyclic) bond motifs is 1. The summed E-state index contributed by atoms with van der Waals surface area (Å²) in [5.74, 6) is -0.787. The molecular formula is C21H26N4O2. The maximum absolute atomic E-state index is 12.8. The van der Waals surface area contributed by atoms with Crippen LogP contribution in [0.5, 0.6) is 5.88 Å². The summed E-state index contributed by atoms with van der Waals surface area (Å²) >= 11 is 0. The van der Waals surface area contributed by atoms with E-state index in [9.17, 15) is 10.1 Å². The van der Waals surface area contributed by atoms with Gasteiger partial charge in [-0.05, 0) is 30.9 Å². The van der Waals surface area contributed by atoms with Gasteiger partial charge in [-0.3, -0.25) is 4.79 Å². The Morgan fingerprint density at radius 3 is 2.52 bits per heavy atom. The van der Waals surface area contributed by atoms with E-state index >= 15 is 0 Å². The molecule has 6 heteroatoms. The molecule has 1 aromatic heterocycles. The van der Waals surface area contributed by atoms with Crippen molar-refractivity contribution in [1.82, 2.24) is 15.3 Å². The van der Waals surface area contributed by atoms with E-state index in [1.807, 2.05) is 38.1 Å². The van der Waals surface area contributed by atoms with E-state index < -0.39 is 5.92 Å². The Morgan fingerprint density at radius 2 is 1.89 bits per heavy atom. The molecule has 1 fully saturated rings. The van der Waals surface area contributed by atoms with Gasteiger partial charge < -0.3 is 10.1 Å². The number of nitrogens with zero attached hydrogens (tertiary/aromatic N) is 3. The number of carbonyl (C=O) groups is 1. The first-order valence-electron chi connectivity index (χ1n) is 9.68. The van der Waals surface area contributed by atoms with Crippen molar-refractivity contribution in [2.45, 2.75) is 57.9 Å². The fourth-order valence-electron chi connectivity index (χ4n) is 3.31. The molecule has 1 aliphatic carbocycles. The van der Waals surface area contributed by atoms with E-state index in [4.69, 9.17) is 4.74 Å². The van der Waals surface area contributed by atoms with E-state index in [0.717, 1.165) is 25.7 Å². The average molecular weight is 366 g/mol. The second-order valence-electron chi connectivity index (χ2n) is 7.51. The highest BCUT2D eigenvalue weighted by Crippen LogP contribution is 2.27. The van der Waals surface area contributed by atoms with Gasteiger partial charge in [0.05, 0.1) is 23.7 Å². The molecule has 1 heterocycles. The molecule has 27 heavy (non-hydrogen) atoms. The van der Waals surface area contributed by atoms with Crippen LogP contribution < -0.4 is 10.1 Å². The van der Waals surface area contributed by atoms with Crippen LogP contribution in [0.1, 0.15) is 57.6 Å². The normalized spacial score (nSPS) is 16.1. The molecule has 1 aliphatic rings. The average Bonchev–Trinajstić information content (AvgIpc) is 2.67. The molecule has 1 saturated carbocycles. The largest absolute Gasteiger partial charge is 0.476 e. The van der Waals surface area contributed by atoms with Gasteiger partial charge in [0.25, 0.3) is 0 Å². The van der Waals surface area contributed by atoms with Crippen molar-refractivity contribution >= 4 is 16.9 Å². The minimum atomic E-state index is -1.04. The smallest absolute Gasteiger partial charge is 0.243 e. The number of aromatic nitrogens is 2. The maximum Gasteiger partial charge on any atom is 0.243 e. The van der Waals surface area contributed by atoms with E-state index in [1.165, 1.54) is 6.42 Å². The molecule has 1 N–H and O–H groups in total. The molecule has 3 rings (SSSR count). The highest BCUT2D eigenvalue weighted by Gasteiger charge is 2.29. The third-order valence-electron chi connectivity index (χ3n) is 4.73. The maximum atomic E-state index is 12.8. The highest BCUT2D eigenvalue weighted by molar-refractivity contribution is 5.87. The van der Waals surface area contributed by atoms with Gasteiger partial charge in [-0.2, -0.15) is 5.26 Å². The van der Waals surface area contributed by atoms with E-state index in [1.54, 1.807) is 0 Å². The van der Waals surface area contributed by atoms with Crippen LogP contribution in [0.3, 0.4) is 0 Å².